The monoisotopic (exact) mass is 365 g/mol. The van der Waals surface area contributed by atoms with Crippen molar-refractivity contribution in [1.82, 2.24) is 5.32 Å². The van der Waals surface area contributed by atoms with Crippen molar-refractivity contribution in [3.8, 4) is 0 Å². The van der Waals surface area contributed by atoms with Crippen LogP contribution in [0.4, 0.5) is 0 Å². The lowest BCUT2D eigenvalue weighted by atomic mass is 9.54. The molecule has 1 amide bonds. The van der Waals surface area contributed by atoms with Crippen LogP contribution in [0.3, 0.4) is 0 Å². The van der Waals surface area contributed by atoms with Crippen LogP contribution in [0.1, 0.15) is 61.3 Å². The molecule has 2 N–H and O–H groups in total. The summed E-state index contributed by atoms with van der Waals surface area (Å²) in [4.78, 5) is 26.2. The van der Waals surface area contributed by atoms with Gasteiger partial charge >= 0.3 is 5.97 Å². The average Bonchev–Trinajstić information content (AvgIpc) is 2.96. The molecule has 6 heteroatoms. The van der Waals surface area contributed by atoms with Crippen LogP contribution in [0.2, 0.25) is 0 Å². The molecule has 3 atom stereocenters. The molecule has 1 aromatic heterocycles. The van der Waals surface area contributed by atoms with Crippen molar-refractivity contribution in [1.29, 1.82) is 0 Å². The fourth-order valence-corrected chi connectivity index (χ4v) is 5.41. The van der Waals surface area contributed by atoms with Gasteiger partial charge in [0.25, 0.3) is 5.91 Å². The molecule has 5 nitrogen and oxygen atoms in total. The van der Waals surface area contributed by atoms with Gasteiger partial charge in [-0.1, -0.05) is 20.8 Å². The third kappa shape index (κ3) is 2.79. The van der Waals surface area contributed by atoms with Gasteiger partial charge in [-0.15, -0.1) is 11.3 Å². The normalized spacial score (nSPS) is 30.2. The van der Waals surface area contributed by atoms with E-state index in [1.165, 1.54) is 4.88 Å². The summed E-state index contributed by atoms with van der Waals surface area (Å²) in [7, 11) is 0. The Morgan fingerprint density at radius 2 is 2.16 bits per heavy atom. The average molecular weight is 365 g/mol. The van der Waals surface area contributed by atoms with E-state index >= 15 is 0 Å². The summed E-state index contributed by atoms with van der Waals surface area (Å²) in [6.45, 7) is 8.38. The van der Waals surface area contributed by atoms with Crippen molar-refractivity contribution in [3.63, 3.8) is 0 Å². The lowest BCUT2D eigenvalue weighted by molar-refractivity contribution is -0.190. The Labute approximate surface area is 152 Å². The van der Waals surface area contributed by atoms with Gasteiger partial charge in [-0.2, -0.15) is 0 Å². The van der Waals surface area contributed by atoms with Crippen molar-refractivity contribution in [2.75, 3.05) is 6.61 Å². The topological polar surface area (TPSA) is 75.6 Å². The van der Waals surface area contributed by atoms with E-state index in [1.807, 2.05) is 26.2 Å². The quantitative estimate of drug-likeness (QED) is 0.840. The van der Waals surface area contributed by atoms with E-state index in [-0.39, 0.29) is 12.0 Å². The number of carbonyl (C=O) groups excluding carboxylic acids is 1. The fraction of sp³-hybridized carbons (Fsp3) is 0.684. The number of nitrogens with one attached hydrogen (secondary N) is 1. The molecular weight excluding hydrogens is 338 g/mol. The van der Waals surface area contributed by atoms with E-state index in [4.69, 9.17) is 4.74 Å². The third-order valence-corrected chi connectivity index (χ3v) is 7.15. The highest BCUT2D eigenvalue weighted by Gasteiger charge is 2.66. The SMILES string of the molecule is CCOC1CC(NC(=O)c2csc3c2CCC(C)C3)(C(=O)O)C1(C)C. The van der Waals surface area contributed by atoms with Gasteiger partial charge in [0.1, 0.15) is 5.54 Å². The van der Waals surface area contributed by atoms with Gasteiger partial charge in [-0.25, -0.2) is 4.79 Å². The predicted molar refractivity (Wildman–Crippen MR) is 97.2 cm³/mol. The molecule has 1 aromatic rings. The number of carboxylic acids is 1. The van der Waals surface area contributed by atoms with Crippen molar-refractivity contribution < 1.29 is 19.4 Å². The van der Waals surface area contributed by atoms with Crippen LogP contribution < -0.4 is 5.32 Å². The minimum atomic E-state index is -1.28. The minimum absolute atomic E-state index is 0.161. The zero-order valence-electron chi connectivity index (χ0n) is 15.3. The summed E-state index contributed by atoms with van der Waals surface area (Å²) < 4.78 is 5.66. The van der Waals surface area contributed by atoms with Crippen molar-refractivity contribution in [3.05, 3.63) is 21.4 Å². The second-order valence-corrected chi connectivity index (χ2v) is 8.90. The number of hydrogen-bond acceptors (Lipinski definition) is 4. The maximum Gasteiger partial charge on any atom is 0.330 e. The number of carbonyl (C=O) groups is 2. The Bertz CT molecular complexity index is 696. The van der Waals surface area contributed by atoms with Crippen LogP contribution in [0, 0.1) is 11.3 Å². The van der Waals surface area contributed by atoms with Gasteiger partial charge in [0, 0.05) is 28.7 Å². The summed E-state index contributed by atoms with van der Waals surface area (Å²) in [5, 5.41) is 14.6. The zero-order chi connectivity index (χ0) is 18.4. The van der Waals surface area contributed by atoms with E-state index < -0.39 is 16.9 Å². The standard InChI is InChI=1S/C19H27NO4S/c1-5-24-15-9-19(17(22)23,18(15,3)4)20-16(21)13-10-25-14-8-11(2)6-7-12(13)14/h10-11,15H,5-9H2,1-4H3,(H,20,21)(H,22,23). The first-order valence-electron chi connectivity index (χ1n) is 8.99. The summed E-state index contributed by atoms with van der Waals surface area (Å²) in [6.07, 6.45) is 3.12. The van der Waals surface area contributed by atoms with Crippen LogP contribution in [0.5, 0.6) is 0 Å². The molecule has 2 aliphatic carbocycles. The highest BCUT2D eigenvalue weighted by Crippen LogP contribution is 2.51. The first-order chi connectivity index (χ1) is 11.7. The van der Waals surface area contributed by atoms with Gasteiger partial charge < -0.3 is 15.2 Å². The van der Waals surface area contributed by atoms with Crippen LogP contribution in [-0.4, -0.2) is 35.2 Å². The highest BCUT2D eigenvalue weighted by molar-refractivity contribution is 7.10. The number of thiophene rings is 1. The fourth-order valence-electron chi connectivity index (χ4n) is 4.17. The van der Waals surface area contributed by atoms with Crippen LogP contribution in [0.15, 0.2) is 5.38 Å². The number of hydrogen-bond donors (Lipinski definition) is 2. The molecule has 0 radical (unpaired) electrons. The smallest absolute Gasteiger partial charge is 0.330 e. The maximum absolute atomic E-state index is 12.9. The number of amides is 1. The maximum atomic E-state index is 12.9. The Morgan fingerprint density at radius 3 is 2.76 bits per heavy atom. The molecule has 138 valence electrons. The number of rotatable bonds is 5. The molecule has 1 fully saturated rings. The third-order valence-electron chi connectivity index (χ3n) is 6.10. The summed E-state index contributed by atoms with van der Waals surface area (Å²) in [5.74, 6) is -0.609. The number of ether oxygens (including phenoxy) is 1. The molecule has 1 heterocycles. The predicted octanol–water partition coefficient (Wildman–Crippen LogP) is 3.26. The van der Waals surface area contributed by atoms with Crippen molar-refractivity contribution in [2.45, 2.75) is 65.0 Å². The molecule has 3 unspecified atom stereocenters. The van der Waals surface area contributed by atoms with E-state index in [2.05, 4.69) is 12.2 Å². The molecular formula is C19H27NO4S. The second kappa shape index (κ2) is 6.40. The van der Waals surface area contributed by atoms with E-state index in [9.17, 15) is 14.7 Å². The Balaban J connectivity index is 1.83. The Kier molecular flexibility index (Phi) is 4.71. The summed E-state index contributed by atoms with van der Waals surface area (Å²) in [5.41, 5.74) is -0.168. The van der Waals surface area contributed by atoms with Crippen LogP contribution in [0.25, 0.3) is 0 Å². The molecule has 0 aromatic carbocycles. The number of aliphatic carboxylic acids is 1. The Hall–Kier alpha value is -1.40. The van der Waals surface area contributed by atoms with E-state index in [0.717, 1.165) is 24.8 Å². The number of carboxylic acid groups (broad SMARTS) is 1. The molecule has 0 saturated heterocycles. The zero-order valence-corrected chi connectivity index (χ0v) is 16.2. The van der Waals surface area contributed by atoms with Gasteiger partial charge in [0.2, 0.25) is 0 Å². The Morgan fingerprint density at radius 1 is 1.44 bits per heavy atom. The lowest BCUT2D eigenvalue weighted by Crippen LogP contribution is -2.76. The minimum Gasteiger partial charge on any atom is -0.479 e. The van der Waals surface area contributed by atoms with E-state index in [1.54, 1.807) is 11.3 Å². The summed E-state index contributed by atoms with van der Waals surface area (Å²) >= 11 is 1.62. The van der Waals surface area contributed by atoms with Gasteiger partial charge in [-0.3, -0.25) is 4.79 Å². The van der Waals surface area contributed by atoms with E-state index in [0.29, 0.717) is 24.5 Å². The molecule has 2 aliphatic rings. The number of fused-ring (bicyclic) bond motifs is 1. The highest BCUT2D eigenvalue weighted by atomic mass is 32.1. The lowest BCUT2D eigenvalue weighted by Gasteiger charge is -2.58. The van der Waals surface area contributed by atoms with Crippen LogP contribution >= 0.6 is 11.3 Å². The van der Waals surface area contributed by atoms with Crippen molar-refractivity contribution >= 4 is 23.2 Å². The largest absolute Gasteiger partial charge is 0.479 e. The molecule has 1 saturated carbocycles. The van der Waals surface area contributed by atoms with Gasteiger partial charge in [-0.05, 0) is 37.7 Å². The first kappa shape index (κ1) is 18.4. The van der Waals surface area contributed by atoms with Crippen LogP contribution in [-0.2, 0) is 22.4 Å². The van der Waals surface area contributed by atoms with Gasteiger partial charge in [0.15, 0.2) is 0 Å². The molecule has 25 heavy (non-hydrogen) atoms. The van der Waals surface area contributed by atoms with Crippen molar-refractivity contribution in [2.24, 2.45) is 11.3 Å². The summed E-state index contributed by atoms with van der Waals surface area (Å²) in [6, 6.07) is 0. The second-order valence-electron chi connectivity index (χ2n) is 7.93. The molecule has 0 bridgehead atoms. The molecule has 3 rings (SSSR count). The first-order valence-corrected chi connectivity index (χ1v) is 9.87. The van der Waals surface area contributed by atoms with Gasteiger partial charge in [0.05, 0.1) is 11.7 Å². The molecule has 0 spiro atoms. The molecule has 0 aliphatic heterocycles.